The minimum Gasteiger partial charge on any atom is -0.486 e. The smallest absolute Gasteiger partial charge is 0.253 e. The minimum atomic E-state index is -0.145. The number of amides is 1. The van der Waals surface area contributed by atoms with E-state index >= 15 is 0 Å². The van der Waals surface area contributed by atoms with Crippen LogP contribution in [0.3, 0.4) is 0 Å². The van der Waals surface area contributed by atoms with Gasteiger partial charge in [0.25, 0.3) is 5.91 Å². The lowest BCUT2D eigenvalue weighted by atomic mass is 10.2. The fourth-order valence-corrected chi connectivity index (χ4v) is 4.38. The normalized spacial score (nSPS) is 11.0. The van der Waals surface area contributed by atoms with Crippen LogP contribution in [0.5, 0.6) is 5.75 Å². The maximum absolute atomic E-state index is 12.7. The van der Waals surface area contributed by atoms with E-state index in [0.29, 0.717) is 47.7 Å². The highest BCUT2D eigenvalue weighted by Crippen LogP contribution is 2.29. The standard InChI is InChI=1S/C22H25Cl2N3O4S/c1-14-18(22(28)25-4-6-29-2)11-20(27(14)5-7-30-3)19-13-32-21(26-19)12-31-17-9-15(23)8-16(24)10-17/h8-11,13H,4-7,12H2,1-3H3,(H,25,28). The number of aromatic nitrogens is 2. The number of nitrogens with one attached hydrogen (secondary N) is 1. The predicted molar refractivity (Wildman–Crippen MR) is 127 cm³/mol. The molecule has 0 aliphatic rings. The highest BCUT2D eigenvalue weighted by Gasteiger charge is 2.20. The molecule has 0 fully saturated rings. The molecule has 172 valence electrons. The van der Waals surface area contributed by atoms with Gasteiger partial charge in [0.2, 0.25) is 0 Å². The van der Waals surface area contributed by atoms with Gasteiger partial charge in [0, 0.05) is 48.4 Å². The molecule has 10 heteroatoms. The van der Waals surface area contributed by atoms with Gasteiger partial charge in [0.15, 0.2) is 0 Å². The van der Waals surface area contributed by atoms with Crippen molar-refractivity contribution in [2.24, 2.45) is 0 Å². The highest BCUT2D eigenvalue weighted by molar-refractivity contribution is 7.09. The lowest BCUT2D eigenvalue weighted by Crippen LogP contribution is -2.27. The van der Waals surface area contributed by atoms with E-state index in [2.05, 4.69) is 5.32 Å². The quantitative estimate of drug-likeness (QED) is 0.384. The van der Waals surface area contributed by atoms with Crippen molar-refractivity contribution in [2.45, 2.75) is 20.1 Å². The molecule has 2 heterocycles. The fourth-order valence-electron chi connectivity index (χ4n) is 3.17. The van der Waals surface area contributed by atoms with E-state index in [4.69, 9.17) is 42.4 Å². The molecule has 0 saturated heterocycles. The number of benzene rings is 1. The fraction of sp³-hybridized carbons (Fsp3) is 0.364. The van der Waals surface area contributed by atoms with Crippen LogP contribution in [0.2, 0.25) is 10.0 Å². The van der Waals surface area contributed by atoms with Crippen molar-refractivity contribution in [1.29, 1.82) is 0 Å². The van der Waals surface area contributed by atoms with Crippen LogP contribution in [0.25, 0.3) is 11.4 Å². The Balaban J connectivity index is 1.80. The molecule has 0 bridgehead atoms. The van der Waals surface area contributed by atoms with Crippen LogP contribution in [0.15, 0.2) is 29.6 Å². The molecule has 0 unspecified atom stereocenters. The summed E-state index contributed by atoms with van der Waals surface area (Å²) in [5.41, 5.74) is 3.08. The van der Waals surface area contributed by atoms with Crippen molar-refractivity contribution in [1.82, 2.24) is 14.9 Å². The Kier molecular flexibility index (Phi) is 8.95. The Bertz CT molecular complexity index is 1050. The average molecular weight is 498 g/mol. The van der Waals surface area contributed by atoms with Gasteiger partial charge in [-0.15, -0.1) is 11.3 Å². The Labute approximate surface area is 201 Å². The number of carbonyl (C=O) groups excluding carboxylic acids is 1. The van der Waals surface area contributed by atoms with E-state index in [9.17, 15) is 4.79 Å². The topological polar surface area (TPSA) is 74.6 Å². The number of halogens is 2. The third-order valence-corrected chi connectivity index (χ3v) is 5.99. The van der Waals surface area contributed by atoms with Gasteiger partial charge in [-0.1, -0.05) is 23.2 Å². The van der Waals surface area contributed by atoms with E-state index in [1.54, 1.807) is 32.4 Å². The van der Waals surface area contributed by atoms with Crippen LogP contribution in [-0.4, -0.2) is 49.4 Å². The predicted octanol–water partition coefficient (Wildman–Crippen LogP) is 4.83. The first kappa shape index (κ1) is 24.5. The number of thiazole rings is 1. The summed E-state index contributed by atoms with van der Waals surface area (Å²) in [5.74, 6) is 0.433. The van der Waals surface area contributed by atoms with Gasteiger partial charge in [-0.25, -0.2) is 4.98 Å². The van der Waals surface area contributed by atoms with Crippen molar-refractivity contribution in [2.75, 3.05) is 34.0 Å². The Morgan fingerprint density at radius 2 is 1.84 bits per heavy atom. The summed E-state index contributed by atoms with van der Waals surface area (Å²) in [5, 5.41) is 6.64. The highest BCUT2D eigenvalue weighted by atomic mass is 35.5. The molecule has 2 aromatic heterocycles. The van der Waals surface area contributed by atoms with E-state index in [0.717, 1.165) is 22.1 Å². The van der Waals surface area contributed by atoms with Crippen molar-refractivity contribution in [3.63, 3.8) is 0 Å². The molecule has 1 aromatic carbocycles. The van der Waals surface area contributed by atoms with Crippen LogP contribution in [0.1, 0.15) is 21.1 Å². The summed E-state index contributed by atoms with van der Waals surface area (Å²) >= 11 is 13.5. The molecule has 7 nitrogen and oxygen atoms in total. The third-order valence-electron chi connectivity index (χ3n) is 4.73. The summed E-state index contributed by atoms with van der Waals surface area (Å²) in [4.78, 5) is 17.4. The van der Waals surface area contributed by atoms with Gasteiger partial charge in [0.1, 0.15) is 17.4 Å². The van der Waals surface area contributed by atoms with Crippen molar-refractivity contribution in [3.8, 4) is 17.1 Å². The monoisotopic (exact) mass is 497 g/mol. The summed E-state index contributed by atoms with van der Waals surface area (Å²) in [6.45, 7) is 4.22. The first-order valence-corrected chi connectivity index (χ1v) is 11.6. The van der Waals surface area contributed by atoms with Crippen molar-refractivity contribution >= 4 is 40.4 Å². The first-order valence-electron chi connectivity index (χ1n) is 9.92. The van der Waals surface area contributed by atoms with Crippen LogP contribution in [-0.2, 0) is 22.6 Å². The van der Waals surface area contributed by atoms with E-state index in [1.165, 1.54) is 11.3 Å². The van der Waals surface area contributed by atoms with Crippen LogP contribution >= 0.6 is 34.5 Å². The maximum atomic E-state index is 12.7. The molecule has 0 atom stereocenters. The minimum absolute atomic E-state index is 0.145. The molecule has 3 rings (SSSR count). The molecule has 0 aliphatic carbocycles. The number of carbonyl (C=O) groups is 1. The molecular weight excluding hydrogens is 473 g/mol. The number of methoxy groups -OCH3 is 2. The van der Waals surface area contributed by atoms with Crippen LogP contribution < -0.4 is 10.1 Å². The lowest BCUT2D eigenvalue weighted by molar-refractivity contribution is 0.0936. The second-order valence-corrected chi connectivity index (χ2v) is 8.76. The molecule has 32 heavy (non-hydrogen) atoms. The SMILES string of the molecule is COCCNC(=O)c1cc(-c2csc(COc3cc(Cl)cc(Cl)c3)n2)n(CCOC)c1C. The zero-order valence-electron chi connectivity index (χ0n) is 18.1. The van der Waals surface area contributed by atoms with Gasteiger partial charge in [-0.3, -0.25) is 4.79 Å². The number of hydrogen-bond acceptors (Lipinski definition) is 6. The molecule has 0 radical (unpaired) electrons. The Morgan fingerprint density at radius 3 is 2.53 bits per heavy atom. The Hall–Kier alpha value is -2.10. The van der Waals surface area contributed by atoms with Crippen LogP contribution in [0, 0.1) is 6.92 Å². The molecule has 1 N–H and O–H groups in total. The van der Waals surface area contributed by atoms with Gasteiger partial charge < -0.3 is 24.1 Å². The van der Waals surface area contributed by atoms with Gasteiger partial charge in [0.05, 0.1) is 30.2 Å². The first-order chi connectivity index (χ1) is 15.4. The van der Waals surface area contributed by atoms with Gasteiger partial charge in [-0.2, -0.15) is 0 Å². The van der Waals surface area contributed by atoms with Crippen molar-refractivity contribution in [3.05, 3.63) is 56.0 Å². The molecule has 3 aromatic rings. The number of nitrogens with zero attached hydrogens (tertiary/aromatic N) is 2. The van der Waals surface area contributed by atoms with E-state index in [1.807, 2.05) is 22.9 Å². The molecule has 0 saturated carbocycles. The third kappa shape index (κ3) is 6.24. The van der Waals surface area contributed by atoms with Crippen LogP contribution in [0.4, 0.5) is 0 Å². The zero-order chi connectivity index (χ0) is 23.1. The lowest BCUT2D eigenvalue weighted by Gasteiger charge is -2.10. The summed E-state index contributed by atoms with van der Waals surface area (Å²) in [7, 11) is 3.25. The second kappa shape index (κ2) is 11.7. The van der Waals surface area contributed by atoms with Gasteiger partial charge >= 0.3 is 0 Å². The maximum Gasteiger partial charge on any atom is 0.253 e. The summed E-state index contributed by atoms with van der Waals surface area (Å²) in [6.07, 6.45) is 0. The second-order valence-electron chi connectivity index (χ2n) is 6.94. The molecule has 0 spiro atoms. The van der Waals surface area contributed by atoms with Crippen molar-refractivity contribution < 1.29 is 19.0 Å². The molecular formula is C22H25Cl2N3O4S. The molecule has 1 amide bonds. The Morgan fingerprint density at radius 1 is 1.12 bits per heavy atom. The van der Waals surface area contributed by atoms with Gasteiger partial charge in [-0.05, 0) is 31.2 Å². The number of ether oxygens (including phenoxy) is 3. The largest absolute Gasteiger partial charge is 0.486 e. The summed E-state index contributed by atoms with van der Waals surface area (Å²) < 4.78 is 18.1. The number of hydrogen-bond donors (Lipinski definition) is 1. The van der Waals surface area contributed by atoms with E-state index < -0.39 is 0 Å². The van der Waals surface area contributed by atoms with E-state index in [-0.39, 0.29) is 12.5 Å². The average Bonchev–Trinajstić information content (AvgIpc) is 3.34. The number of rotatable bonds is 11. The summed E-state index contributed by atoms with van der Waals surface area (Å²) in [6, 6.07) is 6.92. The molecule has 0 aliphatic heterocycles. The zero-order valence-corrected chi connectivity index (χ0v) is 20.4.